The smallest absolute Gasteiger partial charge is 0.338 e. The monoisotopic (exact) mass is 282 g/mol. The first-order valence-electron chi connectivity index (χ1n) is 7.64. The van der Waals surface area contributed by atoms with Gasteiger partial charge in [-0.3, -0.25) is 0 Å². The Balaban J connectivity index is 1.88. The molecule has 2 heteroatoms. The number of rotatable bonds is 7. The Morgan fingerprint density at radius 1 is 0.857 bits per heavy atom. The summed E-state index contributed by atoms with van der Waals surface area (Å²) in [6.07, 6.45) is 4.45. The summed E-state index contributed by atoms with van der Waals surface area (Å²) >= 11 is 0. The van der Waals surface area contributed by atoms with Crippen LogP contribution in [0.4, 0.5) is 0 Å². The number of ether oxygens (including phenoxy) is 1. The third-order valence-corrected chi connectivity index (χ3v) is 3.46. The lowest BCUT2D eigenvalue weighted by molar-refractivity contribution is 0.0498. The number of carbonyl (C=O) groups excluding carboxylic acids is 1. The minimum Gasteiger partial charge on any atom is -0.462 e. The van der Waals surface area contributed by atoms with E-state index in [4.69, 9.17) is 4.74 Å². The van der Waals surface area contributed by atoms with E-state index in [2.05, 4.69) is 19.1 Å². The summed E-state index contributed by atoms with van der Waals surface area (Å²) in [7, 11) is 0. The van der Waals surface area contributed by atoms with Gasteiger partial charge in [0.05, 0.1) is 12.2 Å². The maximum Gasteiger partial charge on any atom is 0.338 e. The Bertz CT molecular complexity index is 544. The van der Waals surface area contributed by atoms with Crippen molar-refractivity contribution < 1.29 is 9.53 Å². The van der Waals surface area contributed by atoms with Gasteiger partial charge in [0.15, 0.2) is 0 Å². The Morgan fingerprint density at radius 2 is 1.52 bits per heavy atom. The van der Waals surface area contributed by atoms with Crippen LogP contribution >= 0.6 is 0 Å². The summed E-state index contributed by atoms with van der Waals surface area (Å²) in [5.41, 5.74) is 2.87. The second-order valence-corrected chi connectivity index (χ2v) is 5.14. The standard InChI is InChI=1S/C19H22O2/c1-2-3-4-8-15-21-19(20)18-13-11-17(12-14-18)16-9-6-5-7-10-16/h5-7,9-14H,2-4,8,15H2,1H3. The summed E-state index contributed by atoms with van der Waals surface area (Å²) in [6, 6.07) is 17.7. The Labute approximate surface area is 126 Å². The van der Waals surface area contributed by atoms with E-state index >= 15 is 0 Å². The van der Waals surface area contributed by atoms with Crippen molar-refractivity contribution >= 4 is 5.97 Å². The fourth-order valence-electron chi connectivity index (χ4n) is 2.21. The molecule has 2 nitrogen and oxygen atoms in total. The highest BCUT2D eigenvalue weighted by atomic mass is 16.5. The normalized spacial score (nSPS) is 10.3. The van der Waals surface area contributed by atoms with Gasteiger partial charge in [-0.1, -0.05) is 68.7 Å². The molecule has 2 aromatic rings. The lowest BCUT2D eigenvalue weighted by Gasteiger charge is -2.06. The Morgan fingerprint density at radius 3 is 2.19 bits per heavy atom. The molecule has 0 aromatic heterocycles. The Kier molecular flexibility index (Phi) is 6.01. The quantitative estimate of drug-likeness (QED) is 0.522. The van der Waals surface area contributed by atoms with Crippen LogP contribution < -0.4 is 0 Å². The molecular formula is C19H22O2. The van der Waals surface area contributed by atoms with Crippen molar-refractivity contribution in [1.29, 1.82) is 0 Å². The van der Waals surface area contributed by atoms with Crippen molar-refractivity contribution in [2.24, 2.45) is 0 Å². The molecule has 21 heavy (non-hydrogen) atoms. The molecule has 110 valence electrons. The molecule has 0 aliphatic carbocycles. The predicted octanol–water partition coefficient (Wildman–Crippen LogP) is 5.09. The van der Waals surface area contributed by atoms with E-state index in [-0.39, 0.29) is 5.97 Å². The van der Waals surface area contributed by atoms with Gasteiger partial charge in [-0.25, -0.2) is 4.79 Å². The van der Waals surface area contributed by atoms with Gasteiger partial charge in [0.2, 0.25) is 0 Å². The zero-order valence-corrected chi connectivity index (χ0v) is 12.5. The summed E-state index contributed by atoms with van der Waals surface area (Å²) in [6.45, 7) is 2.68. The van der Waals surface area contributed by atoms with Crippen LogP contribution in [0.25, 0.3) is 11.1 Å². The van der Waals surface area contributed by atoms with Crippen LogP contribution in [0.1, 0.15) is 43.0 Å². The maximum absolute atomic E-state index is 11.9. The molecule has 0 amide bonds. The lowest BCUT2D eigenvalue weighted by atomic mass is 10.0. The third kappa shape index (κ3) is 4.75. The van der Waals surface area contributed by atoms with Crippen LogP contribution in [0.5, 0.6) is 0 Å². The number of carbonyl (C=O) groups is 1. The summed E-state index contributed by atoms with van der Waals surface area (Å²) in [5, 5.41) is 0. The zero-order valence-electron chi connectivity index (χ0n) is 12.5. The van der Waals surface area contributed by atoms with Gasteiger partial charge in [-0.2, -0.15) is 0 Å². The lowest BCUT2D eigenvalue weighted by Crippen LogP contribution is -2.06. The van der Waals surface area contributed by atoms with Gasteiger partial charge in [0, 0.05) is 0 Å². The van der Waals surface area contributed by atoms with Gasteiger partial charge in [-0.15, -0.1) is 0 Å². The second kappa shape index (κ2) is 8.25. The highest BCUT2D eigenvalue weighted by Gasteiger charge is 2.07. The average molecular weight is 282 g/mol. The molecule has 0 atom stereocenters. The number of unbranched alkanes of at least 4 members (excludes halogenated alkanes) is 3. The predicted molar refractivity (Wildman–Crippen MR) is 86.3 cm³/mol. The molecule has 0 saturated carbocycles. The molecule has 0 saturated heterocycles. The molecule has 0 unspecified atom stereocenters. The van der Waals surface area contributed by atoms with Gasteiger partial charge < -0.3 is 4.74 Å². The highest BCUT2D eigenvalue weighted by Crippen LogP contribution is 2.19. The van der Waals surface area contributed by atoms with Gasteiger partial charge in [0.1, 0.15) is 0 Å². The number of hydrogen-bond donors (Lipinski definition) is 0. The number of benzene rings is 2. The highest BCUT2D eigenvalue weighted by molar-refractivity contribution is 5.90. The zero-order chi connectivity index (χ0) is 14.9. The van der Waals surface area contributed by atoms with Gasteiger partial charge in [-0.05, 0) is 29.7 Å². The van der Waals surface area contributed by atoms with E-state index in [0.29, 0.717) is 12.2 Å². The van der Waals surface area contributed by atoms with E-state index < -0.39 is 0 Å². The summed E-state index contributed by atoms with van der Waals surface area (Å²) in [4.78, 5) is 11.9. The Hall–Kier alpha value is -2.09. The molecule has 0 heterocycles. The first kappa shape index (κ1) is 15.3. The van der Waals surface area contributed by atoms with Crippen LogP contribution in [0.15, 0.2) is 54.6 Å². The molecule has 0 N–H and O–H groups in total. The SMILES string of the molecule is CCCCCCOC(=O)c1ccc(-c2ccccc2)cc1. The van der Waals surface area contributed by atoms with Crippen molar-refractivity contribution in [3.8, 4) is 11.1 Å². The van der Waals surface area contributed by atoms with Crippen LogP contribution in [-0.2, 0) is 4.74 Å². The fourth-order valence-corrected chi connectivity index (χ4v) is 2.21. The molecule has 2 aromatic carbocycles. The number of hydrogen-bond acceptors (Lipinski definition) is 2. The van der Waals surface area contributed by atoms with E-state index in [1.165, 1.54) is 12.8 Å². The van der Waals surface area contributed by atoms with Crippen molar-refractivity contribution in [1.82, 2.24) is 0 Å². The van der Waals surface area contributed by atoms with Crippen LogP contribution in [0, 0.1) is 0 Å². The number of esters is 1. The van der Waals surface area contributed by atoms with Crippen molar-refractivity contribution in [3.63, 3.8) is 0 Å². The van der Waals surface area contributed by atoms with Gasteiger partial charge >= 0.3 is 5.97 Å². The first-order chi connectivity index (χ1) is 10.3. The van der Waals surface area contributed by atoms with E-state index in [1.807, 2.05) is 42.5 Å². The van der Waals surface area contributed by atoms with Crippen molar-refractivity contribution in [3.05, 3.63) is 60.2 Å². The largest absolute Gasteiger partial charge is 0.462 e. The third-order valence-electron chi connectivity index (χ3n) is 3.46. The minimum atomic E-state index is -0.230. The van der Waals surface area contributed by atoms with E-state index in [1.54, 1.807) is 0 Å². The second-order valence-electron chi connectivity index (χ2n) is 5.14. The van der Waals surface area contributed by atoms with Crippen LogP contribution in [-0.4, -0.2) is 12.6 Å². The topological polar surface area (TPSA) is 26.3 Å². The summed E-state index contributed by atoms with van der Waals surface area (Å²) in [5.74, 6) is -0.230. The molecule has 2 rings (SSSR count). The summed E-state index contributed by atoms with van der Waals surface area (Å²) < 4.78 is 5.28. The van der Waals surface area contributed by atoms with Crippen molar-refractivity contribution in [2.45, 2.75) is 32.6 Å². The molecule has 0 bridgehead atoms. The van der Waals surface area contributed by atoms with E-state index in [9.17, 15) is 4.79 Å². The minimum absolute atomic E-state index is 0.230. The molecule has 0 aliphatic rings. The first-order valence-corrected chi connectivity index (χ1v) is 7.64. The van der Waals surface area contributed by atoms with E-state index in [0.717, 1.165) is 24.0 Å². The molecule has 0 radical (unpaired) electrons. The molecule has 0 fully saturated rings. The van der Waals surface area contributed by atoms with Crippen molar-refractivity contribution in [2.75, 3.05) is 6.61 Å². The van der Waals surface area contributed by atoms with Crippen LogP contribution in [0.2, 0.25) is 0 Å². The molecular weight excluding hydrogens is 260 g/mol. The van der Waals surface area contributed by atoms with Crippen LogP contribution in [0.3, 0.4) is 0 Å². The fraction of sp³-hybridized carbons (Fsp3) is 0.316. The average Bonchev–Trinajstić information content (AvgIpc) is 2.55. The maximum atomic E-state index is 11.9. The molecule has 0 spiro atoms. The van der Waals surface area contributed by atoms with Gasteiger partial charge in [0.25, 0.3) is 0 Å². The molecule has 0 aliphatic heterocycles.